The normalized spacial score (nSPS) is 11.2. The molecule has 9 heteroatoms. The predicted octanol–water partition coefficient (Wildman–Crippen LogP) is 3.35. The molecule has 0 radical (unpaired) electrons. The Hall–Kier alpha value is -2.68. The number of aromatic amines is 1. The van der Waals surface area contributed by atoms with E-state index in [1.165, 1.54) is 6.08 Å². The Bertz CT molecular complexity index is 877. The number of ether oxygens (including phenoxy) is 1. The molecule has 0 fully saturated rings. The van der Waals surface area contributed by atoms with Crippen LogP contribution in [0.1, 0.15) is 25.2 Å². The molecule has 132 valence electrons. The van der Waals surface area contributed by atoms with Gasteiger partial charge in [0.15, 0.2) is 0 Å². The quantitative estimate of drug-likeness (QED) is 0.557. The van der Waals surface area contributed by atoms with Gasteiger partial charge in [-0.05, 0) is 45.6 Å². The van der Waals surface area contributed by atoms with Gasteiger partial charge in [0.25, 0.3) is 5.88 Å². The van der Waals surface area contributed by atoms with Crippen molar-refractivity contribution in [3.63, 3.8) is 0 Å². The van der Waals surface area contributed by atoms with Crippen LogP contribution in [-0.2, 0) is 0 Å². The van der Waals surface area contributed by atoms with Crippen LogP contribution in [-0.4, -0.2) is 26.6 Å². The molecule has 2 rings (SSSR count). The zero-order chi connectivity index (χ0) is 18.6. The maximum absolute atomic E-state index is 11.6. The number of aromatic nitrogens is 2. The van der Waals surface area contributed by atoms with E-state index in [1.807, 2.05) is 6.07 Å². The van der Waals surface area contributed by atoms with Gasteiger partial charge < -0.3 is 14.8 Å². The molecule has 0 bridgehead atoms. The van der Waals surface area contributed by atoms with E-state index in [0.29, 0.717) is 18.3 Å². The first-order valence-electron chi connectivity index (χ1n) is 7.36. The van der Waals surface area contributed by atoms with Gasteiger partial charge in [-0.25, -0.2) is 0 Å². The summed E-state index contributed by atoms with van der Waals surface area (Å²) in [7, 11) is 0. The highest BCUT2D eigenvalue weighted by Crippen LogP contribution is 2.27. The molecule has 0 unspecified atom stereocenters. The minimum absolute atomic E-state index is 0.00403. The summed E-state index contributed by atoms with van der Waals surface area (Å²) < 4.78 is 6.42. The Labute approximate surface area is 151 Å². The second-order valence-corrected chi connectivity index (χ2v) is 6.46. The molecule has 0 aliphatic rings. The predicted molar refractivity (Wildman–Crippen MR) is 96.6 cm³/mol. The average molecular weight is 410 g/mol. The van der Waals surface area contributed by atoms with Crippen molar-refractivity contribution in [2.24, 2.45) is 5.92 Å². The van der Waals surface area contributed by atoms with E-state index in [2.05, 4.69) is 39.7 Å². The van der Waals surface area contributed by atoms with Crippen LogP contribution in [0.15, 0.2) is 27.5 Å². The lowest BCUT2D eigenvalue weighted by molar-refractivity contribution is -0.387. The minimum Gasteiger partial charge on any atom is -0.492 e. The van der Waals surface area contributed by atoms with Crippen LogP contribution in [0.4, 0.5) is 5.69 Å². The summed E-state index contributed by atoms with van der Waals surface area (Å²) in [4.78, 5) is 27.1. The van der Waals surface area contributed by atoms with Crippen molar-refractivity contribution in [2.45, 2.75) is 13.8 Å². The summed E-state index contributed by atoms with van der Waals surface area (Å²) in [6.07, 6.45) is 3.07. The third-order valence-corrected chi connectivity index (χ3v) is 3.66. The van der Waals surface area contributed by atoms with Gasteiger partial charge in [0, 0.05) is 0 Å². The van der Waals surface area contributed by atoms with E-state index in [4.69, 9.17) is 4.74 Å². The lowest BCUT2D eigenvalue weighted by Crippen LogP contribution is -2.14. The van der Waals surface area contributed by atoms with Gasteiger partial charge in [0.05, 0.1) is 16.0 Å². The van der Waals surface area contributed by atoms with Crippen molar-refractivity contribution >= 4 is 33.8 Å². The SMILES string of the molecule is CC(C)COc1ccc(/C=C/c2nc(O)c([N+](=O)[O-])c(=O)[nH]2)cc1Br. The topological polar surface area (TPSA) is 118 Å². The van der Waals surface area contributed by atoms with Crippen molar-refractivity contribution in [1.82, 2.24) is 9.97 Å². The highest BCUT2D eigenvalue weighted by Gasteiger charge is 2.21. The van der Waals surface area contributed by atoms with E-state index in [-0.39, 0.29) is 5.82 Å². The standard InChI is InChI=1S/C16H16BrN3O5/c1-9(2)8-25-12-5-3-10(7-11(12)17)4-6-13-18-15(21)14(20(23)24)16(22)19-13/h3-7,9H,8H2,1-2H3,(H2,18,19,21,22)/b6-4+. The number of rotatable bonds is 6. The number of nitrogens with zero attached hydrogens (tertiary/aromatic N) is 2. The fraction of sp³-hybridized carbons (Fsp3) is 0.250. The number of nitrogens with one attached hydrogen (secondary N) is 1. The Balaban J connectivity index is 2.21. The van der Waals surface area contributed by atoms with Gasteiger partial charge in [-0.3, -0.25) is 14.9 Å². The summed E-state index contributed by atoms with van der Waals surface area (Å²) in [6, 6.07) is 5.42. The lowest BCUT2D eigenvalue weighted by Gasteiger charge is -2.10. The van der Waals surface area contributed by atoms with Gasteiger partial charge in [-0.2, -0.15) is 4.98 Å². The molecule has 2 N–H and O–H groups in total. The Morgan fingerprint density at radius 1 is 1.44 bits per heavy atom. The van der Waals surface area contributed by atoms with Crippen LogP contribution in [0.5, 0.6) is 11.6 Å². The number of halogens is 1. The molecule has 8 nitrogen and oxygen atoms in total. The molecule has 0 spiro atoms. The zero-order valence-electron chi connectivity index (χ0n) is 13.5. The minimum atomic E-state index is -1.02. The second-order valence-electron chi connectivity index (χ2n) is 5.61. The van der Waals surface area contributed by atoms with Gasteiger partial charge in [0.2, 0.25) is 0 Å². The van der Waals surface area contributed by atoms with Gasteiger partial charge in [-0.1, -0.05) is 26.0 Å². The van der Waals surface area contributed by atoms with Crippen molar-refractivity contribution in [3.8, 4) is 11.6 Å². The summed E-state index contributed by atoms with van der Waals surface area (Å²) in [6.45, 7) is 4.71. The summed E-state index contributed by atoms with van der Waals surface area (Å²) in [5.74, 6) is 0.200. The van der Waals surface area contributed by atoms with Crippen LogP contribution >= 0.6 is 15.9 Å². The smallest absolute Gasteiger partial charge is 0.395 e. The van der Waals surface area contributed by atoms with Crippen LogP contribution < -0.4 is 10.3 Å². The monoisotopic (exact) mass is 409 g/mol. The van der Waals surface area contributed by atoms with Gasteiger partial charge in [0.1, 0.15) is 11.6 Å². The first-order chi connectivity index (χ1) is 11.8. The maximum atomic E-state index is 11.6. The summed E-state index contributed by atoms with van der Waals surface area (Å²) >= 11 is 3.42. The second kappa shape index (κ2) is 7.93. The largest absolute Gasteiger partial charge is 0.492 e. The van der Waals surface area contributed by atoms with Crippen LogP contribution in [0.25, 0.3) is 12.2 Å². The van der Waals surface area contributed by atoms with E-state index in [1.54, 1.807) is 18.2 Å². The van der Waals surface area contributed by atoms with E-state index >= 15 is 0 Å². The maximum Gasteiger partial charge on any atom is 0.395 e. The Kier molecular flexibility index (Phi) is 5.92. The summed E-state index contributed by atoms with van der Waals surface area (Å²) in [5, 5.41) is 20.1. The molecule has 0 atom stereocenters. The fourth-order valence-electron chi connectivity index (χ4n) is 1.88. The molecular weight excluding hydrogens is 394 g/mol. The van der Waals surface area contributed by atoms with Crippen molar-refractivity contribution in [1.29, 1.82) is 0 Å². The van der Waals surface area contributed by atoms with Crippen LogP contribution in [0.2, 0.25) is 0 Å². The average Bonchev–Trinajstić information content (AvgIpc) is 2.50. The molecule has 1 aromatic carbocycles. The number of nitro groups is 1. The molecular formula is C16H16BrN3O5. The van der Waals surface area contributed by atoms with Gasteiger partial charge >= 0.3 is 11.2 Å². The van der Waals surface area contributed by atoms with Crippen LogP contribution in [0, 0.1) is 16.0 Å². The van der Waals surface area contributed by atoms with E-state index < -0.39 is 22.0 Å². The molecule has 0 saturated carbocycles. The van der Waals surface area contributed by atoms with Crippen molar-refractivity contribution in [3.05, 3.63) is 54.5 Å². The highest BCUT2D eigenvalue weighted by atomic mass is 79.9. The van der Waals surface area contributed by atoms with E-state index in [9.17, 15) is 20.0 Å². The third kappa shape index (κ3) is 4.90. The molecule has 1 aromatic heterocycles. The number of benzene rings is 1. The molecule has 0 amide bonds. The molecule has 0 aliphatic carbocycles. The lowest BCUT2D eigenvalue weighted by atomic mass is 10.2. The number of H-pyrrole nitrogens is 1. The van der Waals surface area contributed by atoms with Gasteiger partial charge in [-0.15, -0.1) is 0 Å². The number of aromatic hydroxyl groups is 1. The Morgan fingerprint density at radius 2 is 2.16 bits per heavy atom. The van der Waals surface area contributed by atoms with Crippen molar-refractivity contribution in [2.75, 3.05) is 6.61 Å². The molecule has 1 heterocycles. The highest BCUT2D eigenvalue weighted by molar-refractivity contribution is 9.10. The summed E-state index contributed by atoms with van der Waals surface area (Å²) in [5.41, 5.74) is -1.22. The molecule has 25 heavy (non-hydrogen) atoms. The molecule has 2 aromatic rings. The van der Waals surface area contributed by atoms with Crippen molar-refractivity contribution < 1.29 is 14.8 Å². The fourth-order valence-corrected chi connectivity index (χ4v) is 2.40. The zero-order valence-corrected chi connectivity index (χ0v) is 15.1. The number of hydrogen-bond acceptors (Lipinski definition) is 6. The molecule has 0 aliphatic heterocycles. The Morgan fingerprint density at radius 3 is 2.72 bits per heavy atom. The first kappa shape index (κ1) is 18.7. The first-order valence-corrected chi connectivity index (χ1v) is 8.15. The van der Waals surface area contributed by atoms with Crippen LogP contribution in [0.3, 0.4) is 0 Å². The number of hydrogen-bond donors (Lipinski definition) is 2. The van der Waals surface area contributed by atoms with E-state index in [0.717, 1.165) is 10.0 Å². The third-order valence-electron chi connectivity index (χ3n) is 3.04. The molecule has 0 saturated heterocycles.